The van der Waals surface area contributed by atoms with E-state index in [9.17, 15) is 9.59 Å². The van der Waals surface area contributed by atoms with Gasteiger partial charge in [0.1, 0.15) is 5.92 Å². The summed E-state index contributed by atoms with van der Waals surface area (Å²) in [5.74, 6) is -1.25. The van der Waals surface area contributed by atoms with Crippen molar-refractivity contribution in [3.63, 3.8) is 0 Å². The van der Waals surface area contributed by atoms with Crippen molar-refractivity contribution in [2.75, 3.05) is 0 Å². The zero-order valence-electron chi connectivity index (χ0n) is 7.37. The molecule has 0 bridgehead atoms. The van der Waals surface area contributed by atoms with E-state index < -0.39 is 17.9 Å². The average Bonchev–Trinajstić information content (AvgIpc) is 2.57. The van der Waals surface area contributed by atoms with Gasteiger partial charge in [-0.2, -0.15) is 0 Å². The van der Waals surface area contributed by atoms with Gasteiger partial charge in [-0.1, -0.05) is 0 Å². The maximum atomic E-state index is 11.3. The van der Waals surface area contributed by atoms with Gasteiger partial charge in [-0.05, 0) is 28.9 Å². The maximum Gasteiger partial charge on any atom is 0.322 e. The van der Waals surface area contributed by atoms with E-state index in [-0.39, 0.29) is 6.42 Å². The Hall–Kier alpha value is -0.680. The molecule has 1 aromatic rings. The summed E-state index contributed by atoms with van der Waals surface area (Å²) < 4.78 is 5.47. The number of aryl methyl sites for hydroxylation is 1. The highest BCUT2D eigenvalue weighted by atomic mass is 79.9. The van der Waals surface area contributed by atoms with Gasteiger partial charge in [-0.25, -0.2) is 0 Å². The number of thiophene rings is 1. The molecule has 74 valence electrons. The molecule has 0 radical (unpaired) electrons. The van der Waals surface area contributed by atoms with E-state index in [1.165, 1.54) is 11.3 Å². The lowest BCUT2D eigenvalue weighted by atomic mass is 10.1. The van der Waals surface area contributed by atoms with Crippen molar-refractivity contribution >= 4 is 39.2 Å². The van der Waals surface area contributed by atoms with Gasteiger partial charge in [-0.15, -0.1) is 11.3 Å². The number of ether oxygens (including phenoxy) is 1. The number of cyclic esters (lactones) is 2. The van der Waals surface area contributed by atoms with Crippen LogP contribution in [0.15, 0.2) is 10.5 Å². The van der Waals surface area contributed by atoms with E-state index >= 15 is 0 Å². The monoisotopic (exact) mass is 274 g/mol. The molecule has 1 aliphatic rings. The summed E-state index contributed by atoms with van der Waals surface area (Å²) in [6.45, 7) is 1.96. The van der Waals surface area contributed by atoms with Crippen LogP contribution in [0.5, 0.6) is 0 Å². The summed E-state index contributed by atoms with van der Waals surface area (Å²) in [5, 5.41) is 0. The SMILES string of the molecule is Cc1sc(C2CC(=O)OC2=O)cc1Br. The Kier molecular flexibility index (Phi) is 2.45. The largest absolute Gasteiger partial charge is 0.393 e. The zero-order valence-corrected chi connectivity index (χ0v) is 9.78. The summed E-state index contributed by atoms with van der Waals surface area (Å²) >= 11 is 4.89. The summed E-state index contributed by atoms with van der Waals surface area (Å²) in [6, 6.07) is 1.88. The third-order valence-electron chi connectivity index (χ3n) is 2.09. The minimum Gasteiger partial charge on any atom is -0.393 e. The topological polar surface area (TPSA) is 43.4 Å². The Balaban J connectivity index is 2.31. The molecule has 5 heteroatoms. The highest BCUT2D eigenvalue weighted by Gasteiger charge is 2.35. The second-order valence-corrected chi connectivity index (χ2v) is 5.24. The van der Waals surface area contributed by atoms with Crippen molar-refractivity contribution < 1.29 is 14.3 Å². The maximum absolute atomic E-state index is 11.3. The van der Waals surface area contributed by atoms with Crippen molar-refractivity contribution in [1.82, 2.24) is 0 Å². The van der Waals surface area contributed by atoms with Crippen LogP contribution in [0.25, 0.3) is 0 Å². The number of hydrogen-bond donors (Lipinski definition) is 0. The first kappa shape index (κ1) is 9.86. The standard InChI is InChI=1S/C9H7BrO3S/c1-4-6(10)3-7(14-4)5-2-8(11)13-9(5)12/h3,5H,2H2,1H3. The molecule has 2 rings (SSSR count). The van der Waals surface area contributed by atoms with Crippen LogP contribution in [0.1, 0.15) is 22.1 Å². The van der Waals surface area contributed by atoms with Crippen LogP contribution >= 0.6 is 27.3 Å². The molecule has 0 aromatic carbocycles. The quantitative estimate of drug-likeness (QED) is 0.583. The van der Waals surface area contributed by atoms with Gasteiger partial charge in [0.2, 0.25) is 0 Å². The van der Waals surface area contributed by atoms with Crippen molar-refractivity contribution in [3.8, 4) is 0 Å². The molecule has 0 amide bonds. The van der Waals surface area contributed by atoms with Crippen molar-refractivity contribution in [1.29, 1.82) is 0 Å². The molecule has 1 saturated heterocycles. The van der Waals surface area contributed by atoms with Crippen LogP contribution in [0.3, 0.4) is 0 Å². The molecule has 1 aromatic heterocycles. The summed E-state index contributed by atoms with van der Waals surface area (Å²) in [6.07, 6.45) is 0.172. The Morgan fingerprint density at radius 1 is 1.57 bits per heavy atom. The van der Waals surface area contributed by atoms with Crippen LogP contribution in [-0.2, 0) is 14.3 Å². The molecule has 1 unspecified atom stereocenters. The molecule has 0 saturated carbocycles. The molecule has 1 fully saturated rings. The first-order chi connectivity index (χ1) is 6.58. The number of rotatable bonds is 1. The zero-order chi connectivity index (χ0) is 10.3. The normalized spacial score (nSPS) is 21.4. The molecule has 1 aliphatic heterocycles. The van der Waals surface area contributed by atoms with Crippen molar-refractivity contribution in [2.45, 2.75) is 19.3 Å². The van der Waals surface area contributed by atoms with E-state index in [1.807, 2.05) is 13.0 Å². The second kappa shape index (κ2) is 3.47. The minimum absolute atomic E-state index is 0.172. The smallest absolute Gasteiger partial charge is 0.322 e. The molecule has 0 spiro atoms. The fourth-order valence-electron chi connectivity index (χ4n) is 1.34. The number of hydrogen-bond acceptors (Lipinski definition) is 4. The van der Waals surface area contributed by atoms with Crippen LogP contribution < -0.4 is 0 Å². The van der Waals surface area contributed by atoms with Crippen molar-refractivity contribution in [3.05, 3.63) is 20.3 Å². The van der Waals surface area contributed by atoms with E-state index in [0.717, 1.165) is 14.2 Å². The third-order valence-corrected chi connectivity index (χ3v) is 4.34. The molecule has 14 heavy (non-hydrogen) atoms. The van der Waals surface area contributed by atoms with Crippen LogP contribution in [0.2, 0.25) is 0 Å². The summed E-state index contributed by atoms with van der Waals surface area (Å²) in [5.41, 5.74) is 0. The van der Waals surface area contributed by atoms with E-state index in [2.05, 4.69) is 20.7 Å². The molecular formula is C9H7BrO3S. The molecule has 0 N–H and O–H groups in total. The van der Waals surface area contributed by atoms with E-state index in [1.54, 1.807) is 0 Å². The number of esters is 2. The van der Waals surface area contributed by atoms with Gasteiger partial charge in [0, 0.05) is 14.2 Å². The van der Waals surface area contributed by atoms with Gasteiger partial charge in [0.15, 0.2) is 0 Å². The average molecular weight is 275 g/mol. The first-order valence-corrected chi connectivity index (χ1v) is 5.69. The Labute approximate surface area is 93.2 Å². The predicted octanol–water partition coefficient (Wildman–Crippen LogP) is 2.38. The van der Waals surface area contributed by atoms with Crippen LogP contribution in [0, 0.1) is 6.92 Å². The third kappa shape index (κ3) is 1.62. The second-order valence-electron chi connectivity index (χ2n) is 3.10. The summed E-state index contributed by atoms with van der Waals surface area (Å²) in [4.78, 5) is 24.1. The van der Waals surface area contributed by atoms with Gasteiger partial charge < -0.3 is 4.74 Å². The molecule has 2 heterocycles. The number of carbonyl (C=O) groups is 2. The van der Waals surface area contributed by atoms with Crippen LogP contribution in [0.4, 0.5) is 0 Å². The first-order valence-electron chi connectivity index (χ1n) is 4.08. The molecule has 0 aliphatic carbocycles. The highest BCUT2D eigenvalue weighted by Crippen LogP contribution is 2.36. The van der Waals surface area contributed by atoms with E-state index in [0.29, 0.717) is 0 Å². The number of carbonyl (C=O) groups excluding carboxylic acids is 2. The molecular weight excluding hydrogens is 268 g/mol. The highest BCUT2D eigenvalue weighted by molar-refractivity contribution is 9.10. The van der Waals surface area contributed by atoms with Gasteiger partial charge >= 0.3 is 11.9 Å². The molecule has 1 atom stereocenters. The van der Waals surface area contributed by atoms with E-state index in [4.69, 9.17) is 0 Å². The van der Waals surface area contributed by atoms with Crippen LogP contribution in [-0.4, -0.2) is 11.9 Å². The fraction of sp³-hybridized carbons (Fsp3) is 0.333. The van der Waals surface area contributed by atoms with Gasteiger partial charge in [0.05, 0.1) is 6.42 Å². The minimum atomic E-state index is -0.429. The van der Waals surface area contributed by atoms with Gasteiger partial charge in [-0.3, -0.25) is 9.59 Å². The Morgan fingerprint density at radius 3 is 2.71 bits per heavy atom. The fourth-order valence-corrected chi connectivity index (χ4v) is 2.99. The number of halogens is 1. The molecule has 3 nitrogen and oxygen atoms in total. The predicted molar refractivity (Wildman–Crippen MR) is 55.2 cm³/mol. The summed E-state index contributed by atoms with van der Waals surface area (Å²) in [7, 11) is 0. The Bertz CT molecular complexity index is 391. The lowest BCUT2D eigenvalue weighted by Crippen LogP contribution is -2.03. The lowest BCUT2D eigenvalue weighted by Gasteiger charge is -1.98. The Morgan fingerprint density at radius 2 is 2.29 bits per heavy atom. The lowest BCUT2D eigenvalue weighted by molar-refractivity contribution is -0.152. The van der Waals surface area contributed by atoms with Crippen molar-refractivity contribution in [2.24, 2.45) is 0 Å². The van der Waals surface area contributed by atoms with Gasteiger partial charge in [0.25, 0.3) is 0 Å².